The molecule has 5 nitrogen and oxygen atoms in total. The molecule has 1 N–H and O–H groups in total. The van der Waals surface area contributed by atoms with Gasteiger partial charge in [-0.2, -0.15) is 4.99 Å². The summed E-state index contributed by atoms with van der Waals surface area (Å²) in [6.45, 7) is 7.10. The number of aromatic hydroxyl groups is 1. The van der Waals surface area contributed by atoms with Gasteiger partial charge in [-0.1, -0.05) is 19.1 Å². The number of likely N-dealkylation sites (N-methyl/N-ethyl adjacent to an activating group) is 1. The molecule has 0 aromatic heterocycles. The monoisotopic (exact) mass is 317 g/mol. The number of carbonyl (C=O) groups is 1. The molecule has 1 aromatic rings. The van der Waals surface area contributed by atoms with Crippen molar-refractivity contribution >= 4 is 28.9 Å². The number of phenolic OH excluding ortho intramolecular Hbond substituents is 1. The van der Waals surface area contributed by atoms with E-state index < -0.39 is 0 Å². The van der Waals surface area contributed by atoms with Crippen molar-refractivity contribution in [2.75, 3.05) is 32.7 Å². The van der Waals surface area contributed by atoms with Gasteiger partial charge in [-0.15, -0.1) is 0 Å². The van der Waals surface area contributed by atoms with E-state index in [1.165, 1.54) is 11.8 Å². The normalized spacial score (nSPS) is 21.5. The van der Waals surface area contributed by atoms with Crippen LogP contribution in [0.15, 0.2) is 34.2 Å². The minimum Gasteiger partial charge on any atom is -0.508 e. The largest absolute Gasteiger partial charge is 0.508 e. The lowest BCUT2D eigenvalue weighted by atomic mass is 10.2. The number of piperazine rings is 1. The molecule has 0 saturated carbocycles. The number of thioether (sulfide) groups is 1. The number of carbonyl (C=O) groups excluding carboxylic acids is 1. The van der Waals surface area contributed by atoms with E-state index in [-0.39, 0.29) is 11.7 Å². The van der Waals surface area contributed by atoms with E-state index in [4.69, 9.17) is 0 Å². The van der Waals surface area contributed by atoms with E-state index in [9.17, 15) is 9.90 Å². The van der Waals surface area contributed by atoms with Crippen molar-refractivity contribution in [1.29, 1.82) is 0 Å². The first-order valence-corrected chi connectivity index (χ1v) is 8.26. The number of hydrogen-bond donors (Lipinski definition) is 1. The molecule has 0 unspecified atom stereocenters. The van der Waals surface area contributed by atoms with Crippen LogP contribution in [0.2, 0.25) is 0 Å². The molecule has 3 rings (SSSR count). The summed E-state index contributed by atoms with van der Waals surface area (Å²) < 4.78 is 0. The summed E-state index contributed by atoms with van der Waals surface area (Å²) in [5.41, 5.74) is 0.890. The van der Waals surface area contributed by atoms with Crippen molar-refractivity contribution < 1.29 is 9.90 Å². The maximum Gasteiger partial charge on any atom is 0.286 e. The topological polar surface area (TPSA) is 56.1 Å². The highest BCUT2D eigenvalue weighted by molar-refractivity contribution is 8.18. The van der Waals surface area contributed by atoms with Gasteiger partial charge in [0, 0.05) is 26.2 Å². The van der Waals surface area contributed by atoms with Crippen molar-refractivity contribution in [1.82, 2.24) is 9.80 Å². The SMILES string of the molecule is CCN1CCN(C2=NC(=O)/C(=C/c3ccc(O)cc3)S2)CC1. The van der Waals surface area contributed by atoms with Gasteiger partial charge in [0.05, 0.1) is 4.91 Å². The van der Waals surface area contributed by atoms with Crippen molar-refractivity contribution in [3.63, 3.8) is 0 Å². The number of amides is 1. The van der Waals surface area contributed by atoms with Crippen LogP contribution in [0.5, 0.6) is 5.75 Å². The Morgan fingerprint density at radius 1 is 1.23 bits per heavy atom. The van der Waals surface area contributed by atoms with Gasteiger partial charge in [-0.3, -0.25) is 4.79 Å². The molecule has 6 heteroatoms. The predicted molar refractivity (Wildman–Crippen MR) is 89.8 cm³/mol. The number of aliphatic imine (C=N–C) groups is 1. The number of benzene rings is 1. The lowest BCUT2D eigenvalue weighted by Crippen LogP contribution is -2.47. The van der Waals surface area contributed by atoms with Gasteiger partial charge in [0.25, 0.3) is 5.91 Å². The third kappa shape index (κ3) is 3.34. The third-order valence-electron chi connectivity index (χ3n) is 3.89. The maximum absolute atomic E-state index is 12.1. The molecule has 2 heterocycles. The fourth-order valence-electron chi connectivity index (χ4n) is 2.51. The fraction of sp³-hybridized carbons (Fsp3) is 0.375. The number of amidine groups is 1. The van der Waals surface area contributed by atoms with Gasteiger partial charge in [0.1, 0.15) is 5.75 Å². The van der Waals surface area contributed by atoms with Crippen molar-refractivity contribution in [3.05, 3.63) is 34.7 Å². The third-order valence-corrected chi connectivity index (χ3v) is 4.93. The molecule has 0 aliphatic carbocycles. The second-order valence-corrected chi connectivity index (χ2v) is 6.33. The maximum atomic E-state index is 12.1. The zero-order valence-electron chi connectivity index (χ0n) is 12.5. The van der Waals surface area contributed by atoms with Gasteiger partial charge >= 0.3 is 0 Å². The van der Waals surface area contributed by atoms with Crippen molar-refractivity contribution in [2.45, 2.75) is 6.92 Å². The molecule has 1 saturated heterocycles. The minimum atomic E-state index is -0.175. The van der Waals surface area contributed by atoms with E-state index in [1.54, 1.807) is 24.3 Å². The lowest BCUT2D eigenvalue weighted by Gasteiger charge is -2.34. The van der Waals surface area contributed by atoms with Crippen LogP contribution in [0.3, 0.4) is 0 Å². The smallest absolute Gasteiger partial charge is 0.286 e. The van der Waals surface area contributed by atoms with Gasteiger partial charge in [-0.05, 0) is 42.1 Å². The Balaban J connectivity index is 1.67. The summed E-state index contributed by atoms with van der Waals surface area (Å²) in [7, 11) is 0. The Hall–Kier alpha value is -1.79. The van der Waals surface area contributed by atoms with Gasteiger partial charge < -0.3 is 14.9 Å². The Labute approximate surface area is 134 Å². The molecule has 1 fully saturated rings. The molecule has 2 aliphatic heterocycles. The first-order chi connectivity index (χ1) is 10.7. The Kier molecular flexibility index (Phi) is 4.49. The van der Waals surface area contributed by atoms with Crippen LogP contribution in [0.1, 0.15) is 12.5 Å². The van der Waals surface area contributed by atoms with Gasteiger partial charge in [0.2, 0.25) is 0 Å². The van der Waals surface area contributed by atoms with Crippen molar-refractivity contribution in [2.24, 2.45) is 4.99 Å². The highest BCUT2D eigenvalue weighted by Crippen LogP contribution is 2.30. The van der Waals surface area contributed by atoms with Crippen LogP contribution in [-0.2, 0) is 4.79 Å². The first kappa shape index (κ1) is 15.1. The van der Waals surface area contributed by atoms with Gasteiger partial charge in [0.15, 0.2) is 5.17 Å². The summed E-state index contributed by atoms with van der Waals surface area (Å²) in [4.78, 5) is 21.5. The highest BCUT2D eigenvalue weighted by Gasteiger charge is 2.28. The van der Waals surface area contributed by atoms with E-state index in [2.05, 4.69) is 21.7 Å². The second kappa shape index (κ2) is 6.54. The van der Waals surface area contributed by atoms with E-state index >= 15 is 0 Å². The summed E-state index contributed by atoms with van der Waals surface area (Å²) >= 11 is 1.44. The Bertz CT molecular complexity index is 617. The molecular formula is C16H19N3O2S. The predicted octanol–water partition coefficient (Wildman–Crippen LogP) is 2.00. The first-order valence-electron chi connectivity index (χ1n) is 7.44. The summed E-state index contributed by atoms with van der Waals surface area (Å²) in [5.74, 6) is 0.0456. The van der Waals surface area contributed by atoms with Crippen LogP contribution in [0, 0.1) is 0 Å². The van der Waals surface area contributed by atoms with Crippen LogP contribution in [0.4, 0.5) is 0 Å². The molecular weight excluding hydrogens is 298 g/mol. The summed E-state index contributed by atoms with van der Waals surface area (Å²) in [6, 6.07) is 6.80. The summed E-state index contributed by atoms with van der Waals surface area (Å²) in [5, 5.41) is 10.1. The van der Waals surface area contributed by atoms with Gasteiger partial charge in [-0.25, -0.2) is 0 Å². The Morgan fingerprint density at radius 2 is 1.91 bits per heavy atom. The lowest BCUT2D eigenvalue weighted by molar-refractivity contribution is -0.113. The average Bonchev–Trinajstić information content (AvgIpc) is 2.91. The highest BCUT2D eigenvalue weighted by atomic mass is 32.2. The molecule has 1 amide bonds. The average molecular weight is 317 g/mol. The van der Waals surface area contributed by atoms with Crippen LogP contribution >= 0.6 is 11.8 Å². The molecule has 2 aliphatic rings. The zero-order valence-corrected chi connectivity index (χ0v) is 13.3. The molecule has 0 spiro atoms. The van der Waals surface area contributed by atoms with Crippen LogP contribution < -0.4 is 0 Å². The van der Waals surface area contributed by atoms with E-state index in [0.717, 1.165) is 43.5 Å². The molecule has 1 aromatic carbocycles. The second-order valence-electron chi connectivity index (χ2n) is 5.32. The number of phenols is 1. The number of hydrogen-bond acceptors (Lipinski definition) is 5. The molecule has 0 radical (unpaired) electrons. The molecule has 0 bridgehead atoms. The molecule has 0 atom stereocenters. The minimum absolute atomic E-state index is 0.175. The van der Waals surface area contributed by atoms with E-state index in [0.29, 0.717) is 4.91 Å². The van der Waals surface area contributed by atoms with Crippen LogP contribution in [0.25, 0.3) is 6.08 Å². The quantitative estimate of drug-likeness (QED) is 0.846. The van der Waals surface area contributed by atoms with Crippen LogP contribution in [-0.4, -0.2) is 58.7 Å². The fourth-order valence-corrected chi connectivity index (χ4v) is 3.48. The number of rotatable bonds is 2. The molecule has 116 valence electrons. The van der Waals surface area contributed by atoms with Crippen molar-refractivity contribution in [3.8, 4) is 5.75 Å². The molecule has 22 heavy (non-hydrogen) atoms. The number of nitrogens with zero attached hydrogens (tertiary/aromatic N) is 3. The van der Waals surface area contributed by atoms with E-state index in [1.807, 2.05) is 6.08 Å². The summed E-state index contributed by atoms with van der Waals surface area (Å²) in [6.07, 6.45) is 1.82. The standard InChI is InChI=1S/C16H19N3O2S/c1-2-18-7-9-19(10-8-18)16-17-15(21)14(22-16)11-12-3-5-13(20)6-4-12/h3-6,11,20H,2,7-10H2,1H3/b14-11-. The Morgan fingerprint density at radius 3 is 2.55 bits per heavy atom. The zero-order chi connectivity index (χ0) is 15.5.